The third-order valence-corrected chi connectivity index (χ3v) is 4.40. The predicted octanol–water partition coefficient (Wildman–Crippen LogP) is 5.43. The summed E-state index contributed by atoms with van der Waals surface area (Å²) in [5.74, 6) is 1.36. The summed E-state index contributed by atoms with van der Waals surface area (Å²) in [6.07, 6.45) is 0. The maximum absolute atomic E-state index is 4.60. The Balaban J connectivity index is 1.76. The number of aryl methyl sites for hydroxylation is 2. The van der Waals surface area contributed by atoms with E-state index in [1.165, 1.54) is 11.3 Å². The van der Waals surface area contributed by atoms with E-state index in [0.29, 0.717) is 5.95 Å². The van der Waals surface area contributed by atoms with Gasteiger partial charge in [0.15, 0.2) is 0 Å². The second-order valence-corrected chi connectivity index (χ2v) is 6.56. The maximum atomic E-state index is 4.60. The molecule has 0 unspecified atom stereocenters. The molecule has 2 aromatic carbocycles. The summed E-state index contributed by atoms with van der Waals surface area (Å²) in [6.45, 7) is 10.4. The number of rotatable bonds is 7. The first kappa shape index (κ1) is 18.7. The molecular formula is C22H27N5. The molecule has 0 fully saturated rings. The van der Waals surface area contributed by atoms with Crippen molar-refractivity contribution in [2.45, 2.75) is 27.7 Å². The van der Waals surface area contributed by atoms with E-state index in [1.54, 1.807) is 0 Å². The molecule has 0 spiro atoms. The Labute approximate surface area is 161 Å². The molecule has 27 heavy (non-hydrogen) atoms. The van der Waals surface area contributed by atoms with Crippen LogP contribution in [0.2, 0.25) is 0 Å². The highest BCUT2D eigenvalue weighted by molar-refractivity contribution is 5.62. The van der Waals surface area contributed by atoms with Crippen LogP contribution in [0.1, 0.15) is 25.1 Å². The minimum Gasteiger partial charge on any atom is -0.372 e. The molecule has 3 aromatic rings. The average Bonchev–Trinajstić information content (AvgIpc) is 2.63. The molecule has 5 nitrogen and oxygen atoms in total. The average molecular weight is 361 g/mol. The summed E-state index contributed by atoms with van der Waals surface area (Å²) in [5.41, 5.74) is 5.32. The fraction of sp³-hybridized carbons (Fsp3) is 0.273. The fourth-order valence-electron chi connectivity index (χ4n) is 3.03. The topological polar surface area (TPSA) is 53.1 Å². The van der Waals surface area contributed by atoms with Gasteiger partial charge in [0.1, 0.15) is 5.82 Å². The number of hydrogen-bond donors (Lipinski definition) is 2. The van der Waals surface area contributed by atoms with E-state index < -0.39 is 0 Å². The molecule has 0 saturated carbocycles. The van der Waals surface area contributed by atoms with E-state index in [9.17, 15) is 0 Å². The zero-order valence-corrected chi connectivity index (χ0v) is 16.5. The first-order chi connectivity index (χ1) is 13.1. The van der Waals surface area contributed by atoms with Crippen molar-refractivity contribution in [1.82, 2.24) is 9.97 Å². The standard InChI is InChI=1S/C22H27N5/c1-5-27(6-2)20-12-10-18(11-13-20)25-22-23-17(4)15-21(26-22)24-19-9-7-8-16(3)14-19/h7-15H,5-6H2,1-4H3,(H2,23,24,25,26). The second kappa shape index (κ2) is 8.54. The molecule has 0 atom stereocenters. The third kappa shape index (κ3) is 4.97. The quantitative estimate of drug-likeness (QED) is 0.588. The Bertz CT molecular complexity index is 885. The number of aromatic nitrogens is 2. The van der Waals surface area contributed by atoms with E-state index >= 15 is 0 Å². The van der Waals surface area contributed by atoms with Crippen molar-refractivity contribution >= 4 is 28.8 Å². The lowest BCUT2D eigenvalue weighted by molar-refractivity contribution is 0.866. The largest absolute Gasteiger partial charge is 0.372 e. The van der Waals surface area contributed by atoms with Crippen LogP contribution in [-0.4, -0.2) is 23.1 Å². The monoisotopic (exact) mass is 361 g/mol. The van der Waals surface area contributed by atoms with Crippen LogP contribution < -0.4 is 15.5 Å². The number of hydrogen-bond acceptors (Lipinski definition) is 5. The highest BCUT2D eigenvalue weighted by atomic mass is 15.1. The van der Waals surface area contributed by atoms with Gasteiger partial charge in [-0.3, -0.25) is 0 Å². The minimum absolute atomic E-state index is 0.584. The Morgan fingerprint density at radius 2 is 1.56 bits per heavy atom. The summed E-state index contributed by atoms with van der Waals surface area (Å²) in [5, 5.41) is 6.66. The lowest BCUT2D eigenvalue weighted by Crippen LogP contribution is -2.21. The molecule has 0 radical (unpaired) electrons. The Morgan fingerprint density at radius 1 is 0.815 bits per heavy atom. The van der Waals surface area contributed by atoms with Crippen LogP contribution in [0, 0.1) is 13.8 Å². The van der Waals surface area contributed by atoms with E-state index in [0.717, 1.165) is 36.0 Å². The summed E-state index contributed by atoms with van der Waals surface area (Å²) in [7, 11) is 0. The molecule has 0 saturated heterocycles. The molecule has 3 rings (SSSR count). The lowest BCUT2D eigenvalue weighted by atomic mass is 10.2. The van der Waals surface area contributed by atoms with E-state index in [-0.39, 0.29) is 0 Å². The van der Waals surface area contributed by atoms with Crippen LogP contribution in [0.4, 0.5) is 28.8 Å². The zero-order valence-electron chi connectivity index (χ0n) is 16.5. The summed E-state index contributed by atoms with van der Waals surface area (Å²) in [6, 6.07) is 18.5. The van der Waals surface area contributed by atoms with Gasteiger partial charge in [0.25, 0.3) is 0 Å². The second-order valence-electron chi connectivity index (χ2n) is 6.56. The molecule has 0 amide bonds. The van der Waals surface area contributed by atoms with Crippen molar-refractivity contribution in [2.24, 2.45) is 0 Å². The van der Waals surface area contributed by atoms with Crippen molar-refractivity contribution in [3.05, 3.63) is 65.9 Å². The van der Waals surface area contributed by atoms with Gasteiger partial charge in [-0.15, -0.1) is 0 Å². The van der Waals surface area contributed by atoms with Gasteiger partial charge in [0.05, 0.1) is 0 Å². The van der Waals surface area contributed by atoms with Gasteiger partial charge in [-0.25, -0.2) is 4.98 Å². The summed E-state index contributed by atoms with van der Waals surface area (Å²) in [4.78, 5) is 11.4. The third-order valence-electron chi connectivity index (χ3n) is 4.40. The van der Waals surface area contributed by atoms with Crippen molar-refractivity contribution in [2.75, 3.05) is 28.6 Å². The van der Waals surface area contributed by atoms with Crippen LogP contribution in [0.3, 0.4) is 0 Å². The molecule has 140 valence electrons. The smallest absolute Gasteiger partial charge is 0.229 e. The zero-order chi connectivity index (χ0) is 19.2. The molecule has 0 aliphatic rings. The molecular weight excluding hydrogens is 334 g/mol. The van der Waals surface area contributed by atoms with Crippen LogP contribution in [0.25, 0.3) is 0 Å². The summed E-state index contributed by atoms with van der Waals surface area (Å²) < 4.78 is 0. The van der Waals surface area contributed by atoms with Gasteiger partial charge < -0.3 is 15.5 Å². The van der Waals surface area contributed by atoms with E-state index in [4.69, 9.17) is 0 Å². The SMILES string of the molecule is CCN(CC)c1ccc(Nc2nc(C)cc(Nc3cccc(C)c3)n2)cc1. The predicted molar refractivity (Wildman–Crippen MR) is 115 cm³/mol. The number of anilines is 5. The molecule has 5 heteroatoms. The summed E-state index contributed by atoms with van der Waals surface area (Å²) >= 11 is 0. The first-order valence-electron chi connectivity index (χ1n) is 9.38. The van der Waals surface area contributed by atoms with Crippen LogP contribution >= 0.6 is 0 Å². The highest BCUT2D eigenvalue weighted by Crippen LogP contribution is 2.22. The molecule has 1 heterocycles. The van der Waals surface area contributed by atoms with Crippen molar-refractivity contribution in [3.8, 4) is 0 Å². The van der Waals surface area contributed by atoms with Crippen LogP contribution in [0.15, 0.2) is 54.6 Å². The van der Waals surface area contributed by atoms with Gasteiger partial charge in [-0.2, -0.15) is 4.98 Å². The van der Waals surface area contributed by atoms with Crippen LogP contribution in [-0.2, 0) is 0 Å². The number of nitrogens with one attached hydrogen (secondary N) is 2. The molecule has 0 aliphatic heterocycles. The first-order valence-corrected chi connectivity index (χ1v) is 9.38. The normalized spacial score (nSPS) is 10.5. The molecule has 1 aromatic heterocycles. The lowest BCUT2D eigenvalue weighted by Gasteiger charge is -2.21. The van der Waals surface area contributed by atoms with Gasteiger partial charge >= 0.3 is 0 Å². The molecule has 2 N–H and O–H groups in total. The van der Waals surface area contributed by atoms with E-state index in [1.807, 2.05) is 25.1 Å². The minimum atomic E-state index is 0.584. The number of nitrogens with zero attached hydrogens (tertiary/aromatic N) is 3. The number of benzene rings is 2. The molecule has 0 bridgehead atoms. The van der Waals surface area contributed by atoms with E-state index in [2.05, 4.69) is 82.7 Å². The van der Waals surface area contributed by atoms with Gasteiger partial charge in [-0.1, -0.05) is 12.1 Å². The Morgan fingerprint density at radius 3 is 2.22 bits per heavy atom. The highest BCUT2D eigenvalue weighted by Gasteiger charge is 2.05. The fourth-order valence-corrected chi connectivity index (χ4v) is 3.03. The van der Waals surface area contributed by atoms with Gasteiger partial charge in [-0.05, 0) is 69.7 Å². The van der Waals surface area contributed by atoms with Crippen molar-refractivity contribution < 1.29 is 0 Å². The van der Waals surface area contributed by atoms with Crippen molar-refractivity contribution in [3.63, 3.8) is 0 Å². The van der Waals surface area contributed by atoms with Gasteiger partial charge in [0, 0.05) is 41.9 Å². The van der Waals surface area contributed by atoms with Crippen molar-refractivity contribution in [1.29, 1.82) is 0 Å². The van der Waals surface area contributed by atoms with Gasteiger partial charge in [0.2, 0.25) is 5.95 Å². The molecule has 0 aliphatic carbocycles. The van der Waals surface area contributed by atoms with Crippen LogP contribution in [0.5, 0.6) is 0 Å². The Kier molecular flexibility index (Phi) is 5.91. The maximum Gasteiger partial charge on any atom is 0.229 e. The Hall–Kier alpha value is -3.08.